The molecule has 0 aliphatic heterocycles. The summed E-state index contributed by atoms with van der Waals surface area (Å²) in [7, 11) is 1.68. The van der Waals surface area contributed by atoms with Gasteiger partial charge in [0.15, 0.2) is 0 Å². The van der Waals surface area contributed by atoms with Crippen LogP contribution in [0.25, 0.3) is 0 Å². The normalized spacial score (nSPS) is 14.1. The van der Waals surface area contributed by atoms with Gasteiger partial charge in [-0.1, -0.05) is 26.0 Å². The van der Waals surface area contributed by atoms with E-state index in [1.54, 1.807) is 7.11 Å². The molecule has 0 saturated heterocycles. The molecular formula is C15H21NO. The molecule has 1 aromatic carbocycles. The summed E-state index contributed by atoms with van der Waals surface area (Å²) < 4.78 is 5.25. The van der Waals surface area contributed by atoms with E-state index in [1.807, 2.05) is 19.1 Å². The van der Waals surface area contributed by atoms with Crippen LogP contribution < -0.4 is 4.74 Å². The van der Waals surface area contributed by atoms with Crippen molar-refractivity contribution < 1.29 is 4.74 Å². The molecule has 2 unspecified atom stereocenters. The van der Waals surface area contributed by atoms with Gasteiger partial charge in [0.1, 0.15) is 5.75 Å². The molecule has 2 heteroatoms. The van der Waals surface area contributed by atoms with Crippen molar-refractivity contribution in [2.75, 3.05) is 7.11 Å². The zero-order valence-electron chi connectivity index (χ0n) is 11.1. The van der Waals surface area contributed by atoms with Crippen molar-refractivity contribution in [1.82, 2.24) is 0 Å². The lowest BCUT2D eigenvalue weighted by Gasteiger charge is -2.22. The van der Waals surface area contributed by atoms with Crippen molar-refractivity contribution in [3.05, 3.63) is 29.8 Å². The third-order valence-electron chi connectivity index (χ3n) is 3.15. The van der Waals surface area contributed by atoms with E-state index in [0.717, 1.165) is 12.2 Å². The standard InChI is InChI=1S/C15H21NO/c1-11(2)15(8-12(3)10-16)13-6-5-7-14(9-13)17-4/h5-7,9,11-12,15H,8H2,1-4H3. The predicted molar refractivity (Wildman–Crippen MR) is 70.0 cm³/mol. The Morgan fingerprint density at radius 3 is 2.53 bits per heavy atom. The molecule has 2 atom stereocenters. The quantitative estimate of drug-likeness (QED) is 0.767. The highest BCUT2D eigenvalue weighted by Gasteiger charge is 2.19. The van der Waals surface area contributed by atoms with Crippen molar-refractivity contribution in [2.45, 2.75) is 33.1 Å². The van der Waals surface area contributed by atoms with Gasteiger partial charge in [-0.2, -0.15) is 5.26 Å². The molecule has 0 saturated carbocycles. The van der Waals surface area contributed by atoms with Crippen LogP contribution in [0.4, 0.5) is 0 Å². The molecule has 1 rings (SSSR count). The van der Waals surface area contributed by atoms with Gasteiger partial charge in [-0.15, -0.1) is 0 Å². The second-order valence-corrected chi connectivity index (χ2v) is 4.89. The van der Waals surface area contributed by atoms with E-state index >= 15 is 0 Å². The SMILES string of the molecule is COc1cccc(C(CC(C)C#N)C(C)C)c1. The lowest BCUT2D eigenvalue weighted by molar-refractivity contribution is 0.406. The highest BCUT2D eigenvalue weighted by Crippen LogP contribution is 2.32. The fraction of sp³-hybridized carbons (Fsp3) is 0.533. The van der Waals surface area contributed by atoms with Crippen LogP contribution in [-0.4, -0.2) is 7.11 Å². The van der Waals surface area contributed by atoms with Crippen LogP contribution in [0, 0.1) is 23.2 Å². The van der Waals surface area contributed by atoms with E-state index in [4.69, 9.17) is 10.00 Å². The topological polar surface area (TPSA) is 33.0 Å². The average Bonchev–Trinajstić information content (AvgIpc) is 2.35. The minimum Gasteiger partial charge on any atom is -0.497 e. The van der Waals surface area contributed by atoms with Gasteiger partial charge in [-0.3, -0.25) is 0 Å². The van der Waals surface area contributed by atoms with Crippen LogP contribution >= 0.6 is 0 Å². The van der Waals surface area contributed by atoms with E-state index in [-0.39, 0.29) is 5.92 Å². The van der Waals surface area contributed by atoms with Crippen LogP contribution in [0.5, 0.6) is 5.75 Å². The Bertz CT molecular complexity index is 392. The second-order valence-electron chi connectivity index (χ2n) is 4.89. The van der Waals surface area contributed by atoms with Crippen molar-refractivity contribution >= 4 is 0 Å². The van der Waals surface area contributed by atoms with Crippen LogP contribution in [0.1, 0.15) is 38.7 Å². The Morgan fingerprint density at radius 2 is 2.00 bits per heavy atom. The summed E-state index contributed by atoms with van der Waals surface area (Å²) in [6.45, 7) is 6.39. The van der Waals surface area contributed by atoms with E-state index in [0.29, 0.717) is 11.8 Å². The van der Waals surface area contributed by atoms with E-state index in [1.165, 1.54) is 5.56 Å². The van der Waals surface area contributed by atoms with Crippen LogP contribution in [0.2, 0.25) is 0 Å². The Morgan fingerprint density at radius 1 is 1.29 bits per heavy atom. The molecule has 0 aliphatic carbocycles. The van der Waals surface area contributed by atoms with E-state index in [2.05, 4.69) is 32.0 Å². The van der Waals surface area contributed by atoms with Crippen molar-refractivity contribution in [3.63, 3.8) is 0 Å². The molecule has 2 nitrogen and oxygen atoms in total. The van der Waals surface area contributed by atoms with Gasteiger partial charge < -0.3 is 4.74 Å². The average molecular weight is 231 g/mol. The maximum absolute atomic E-state index is 8.94. The number of nitrogens with zero attached hydrogens (tertiary/aromatic N) is 1. The van der Waals surface area contributed by atoms with Crippen LogP contribution in [0.3, 0.4) is 0 Å². The Labute approximate surface area is 104 Å². The smallest absolute Gasteiger partial charge is 0.119 e. The first kappa shape index (κ1) is 13.6. The van der Waals surface area contributed by atoms with Gasteiger partial charge >= 0.3 is 0 Å². The molecule has 0 N–H and O–H groups in total. The number of methoxy groups -OCH3 is 1. The third-order valence-corrected chi connectivity index (χ3v) is 3.15. The molecule has 17 heavy (non-hydrogen) atoms. The maximum atomic E-state index is 8.94. The maximum Gasteiger partial charge on any atom is 0.119 e. The summed E-state index contributed by atoms with van der Waals surface area (Å²) >= 11 is 0. The Hall–Kier alpha value is -1.49. The van der Waals surface area contributed by atoms with E-state index < -0.39 is 0 Å². The molecular weight excluding hydrogens is 210 g/mol. The first-order valence-electron chi connectivity index (χ1n) is 6.12. The summed E-state index contributed by atoms with van der Waals surface area (Å²) in [4.78, 5) is 0. The zero-order valence-corrected chi connectivity index (χ0v) is 11.1. The number of hydrogen-bond acceptors (Lipinski definition) is 2. The molecule has 0 spiro atoms. The minimum atomic E-state index is 0.0913. The largest absolute Gasteiger partial charge is 0.497 e. The highest BCUT2D eigenvalue weighted by molar-refractivity contribution is 5.31. The molecule has 0 radical (unpaired) electrons. The number of benzene rings is 1. The van der Waals surface area contributed by atoms with Gasteiger partial charge in [0.2, 0.25) is 0 Å². The summed E-state index contributed by atoms with van der Waals surface area (Å²) in [6, 6.07) is 10.5. The predicted octanol–water partition coefficient (Wildman–Crippen LogP) is 3.98. The summed E-state index contributed by atoms with van der Waals surface area (Å²) in [6.07, 6.45) is 0.904. The van der Waals surface area contributed by atoms with Gasteiger partial charge in [-0.25, -0.2) is 0 Å². The van der Waals surface area contributed by atoms with E-state index in [9.17, 15) is 0 Å². The lowest BCUT2D eigenvalue weighted by atomic mass is 9.82. The van der Waals surface area contributed by atoms with Crippen LogP contribution in [0.15, 0.2) is 24.3 Å². The zero-order chi connectivity index (χ0) is 12.8. The van der Waals surface area contributed by atoms with Crippen LogP contribution in [-0.2, 0) is 0 Å². The second kappa shape index (κ2) is 6.30. The Balaban J connectivity index is 2.93. The minimum absolute atomic E-state index is 0.0913. The molecule has 0 aliphatic rings. The highest BCUT2D eigenvalue weighted by atomic mass is 16.5. The monoisotopic (exact) mass is 231 g/mol. The summed E-state index contributed by atoms with van der Waals surface area (Å²) in [5.74, 6) is 1.92. The van der Waals surface area contributed by atoms with Gasteiger partial charge in [-0.05, 0) is 42.9 Å². The molecule has 0 fully saturated rings. The molecule has 92 valence electrons. The Kier molecular flexibility index (Phi) is 5.03. The third kappa shape index (κ3) is 3.78. The number of nitriles is 1. The molecule has 0 aromatic heterocycles. The van der Waals surface area contributed by atoms with Crippen molar-refractivity contribution in [2.24, 2.45) is 11.8 Å². The van der Waals surface area contributed by atoms with Crippen molar-refractivity contribution in [3.8, 4) is 11.8 Å². The molecule has 0 amide bonds. The summed E-state index contributed by atoms with van der Waals surface area (Å²) in [5, 5.41) is 8.94. The first-order chi connectivity index (χ1) is 8.08. The van der Waals surface area contributed by atoms with Gasteiger partial charge in [0, 0.05) is 5.92 Å². The fourth-order valence-electron chi connectivity index (χ4n) is 2.10. The van der Waals surface area contributed by atoms with Crippen molar-refractivity contribution in [1.29, 1.82) is 5.26 Å². The molecule has 1 aromatic rings. The first-order valence-corrected chi connectivity index (χ1v) is 6.12. The van der Waals surface area contributed by atoms with Gasteiger partial charge in [0.25, 0.3) is 0 Å². The molecule has 0 bridgehead atoms. The number of ether oxygens (including phenoxy) is 1. The summed E-state index contributed by atoms with van der Waals surface area (Å²) in [5.41, 5.74) is 1.27. The number of hydrogen-bond donors (Lipinski definition) is 0. The number of rotatable bonds is 5. The lowest BCUT2D eigenvalue weighted by Crippen LogP contribution is -2.10. The molecule has 0 heterocycles. The fourth-order valence-corrected chi connectivity index (χ4v) is 2.10. The van der Waals surface area contributed by atoms with Gasteiger partial charge in [0.05, 0.1) is 13.2 Å².